The maximum absolute atomic E-state index is 11.8. The number of carbonyl (C=O) groups is 1. The van der Waals surface area contributed by atoms with E-state index >= 15 is 0 Å². The SMILES string of the molecule is O=C1CC(CS)CN1c1ncc(Br)cc1Cl. The van der Waals surface area contributed by atoms with E-state index in [2.05, 4.69) is 33.5 Å². The van der Waals surface area contributed by atoms with Crippen molar-refractivity contribution in [3.05, 3.63) is 21.8 Å². The highest BCUT2D eigenvalue weighted by molar-refractivity contribution is 9.10. The Balaban J connectivity index is 2.28. The number of amides is 1. The number of rotatable bonds is 2. The fourth-order valence-electron chi connectivity index (χ4n) is 1.71. The number of carbonyl (C=O) groups excluding carboxylic acids is 1. The smallest absolute Gasteiger partial charge is 0.228 e. The highest BCUT2D eigenvalue weighted by Gasteiger charge is 2.31. The Morgan fingerprint density at radius 3 is 3.00 bits per heavy atom. The summed E-state index contributed by atoms with van der Waals surface area (Å²) in [6, 6.07) is 1.74. The Morgan fingerprint density at radius 1 is 1.69 bits per heavy atom. The zero-order valence-electron chi connectivity index (χ0n) is 8.36. The first-order valence-corrected chi connectivity index (χ1v) is 6.64. The van der Waals surface area contributed by atoms with Gasteiger partial charge in [-0.25, -0.2) is 4.98 Å². The van der Waals surface area contributed by atoms with Gasteiger partial charge in [0, 0.05) is 23.6 Å². The van der Waals surface area contributed by atoms with E-state index in [0.29, 0.717) is 29.6 Å². The fourth-order valence-corrected chi connectivity index (χ4v) is 2.69. The lowest BCUT2D eigenvalue weighted by Gasteiger charge is -2.16. The van der Waals surface area contributed by atoms with Gasteiger partial charge in [-0.3, -0.25) is 9.69 Å². The zero-order chi connectivity index (χ0) is 11.7. The second-order valence-electron chi connectivity index (χ2n) is 3.72. The van der Waals surface area contributed by atoms with E-state index in [1.54, 1.807) is 17.2 Å². The van der Waals surface area contributed by atoms with Crippen LogP contribution >= 0.6 is 40.2 Å². The second-order valence-corrected chi connectivity index (χ2v) is 5.40. The van der Waals surface area contributed by atoms with Crippen molar-refractivity contribution in [1.82, 2.24) is 4.98 Å². The van der Waals surface area contributed by atoms with E-state index in [0.717, 1.165) is 4.47 Å². The van der Waals surface area contributed by atoms with Gasteiger partial charge in [0.1, 0.15) is 0 Å². The van der Waals surface area contributed by atoms with Crippen LogP contribution in [0.15, 0.2) is 16.7 Å². The lowest BCUT2D eigenvalue weighted by Crippen LogP contribution is -2.26. The minimum Gasteiger partial charge on any atom is -0.295 e. The van der Waals surface area contributed by atoms with E-state index in [-0.39, 0.29) is 11.8 Å². The third-order valence-electron chi connectivity index (χ3n) is 2.51. The number of nitrogens with zero attached hydrogens (tertiary/aromatic N) is 2. The standard InChI is InChI=1S/C10H10BrClN2OS/c11-7-2-8(12)10(13-3-7)14-4-6(5-16)1-9(14)15/h2-3,6,16H,1,4-5H2. The maximum atomic E-state index is 11.8. The molecule has 1 fully saturated rings. The molecule has 0 bridgehead atoms. The predicted molar refractivity (Wildman–Crippen MR) is 71.3 cm³/mol. The molecule has 3 nitrogen and oxygen atoms in total. The monoisotopic (exact) mass is 320 g/mol. The van der Waals surface area contributed by atoms with Crippen LogP contribution in [0.25, 0.3) is 0 Å². The highest BCUT2D eigenvalue weighted by Crippen LogP contribution is 2.31. The van der Waals surface area contributed by atoms with Gasteiger partial charge in [-0.2, -0.15) is 12.6 Å². The largest absolute Gasteiger partial charge is 0.295 e. The second kappa shape index (κ2) is 4.94. The van der Waals surface area contributed by atoms with Crippen LogP contribution in [0.3, 0.4) is 0 Å². The molecular formula is C10H10BrClN2OS. The van der Waals surface area contributed by atoms with Gasteiger partial charge in [0.05, 0.1) is 5.02 Å². The molecule has 1 aromatic rings. The summed E-state index contributed by atoms with van der Waals surface area (Å²) in [6.07, 6.45) is 2.17. The quantitative estimate of drug-likeness (QED) is 0.850. The third-order valence-corrected chi connectivity index (χ3v) is 3.74. The molecule has 2 heterocycles. The minimum absolute atomic E-state index is 0.0655. The van der Waals surface area contributed by atoms with Crippen LogP contribution in [0.5, 0.6) is 0 Å². The topological polar surface area (TPSA) is 33.2 Å². The molecule has 16 heavy (non-hydrogen) atoms. The molecule has 86 valence electrons. The van der Waals surface area contributed by atoms with Crippen molar-refractivity contribution in [1.29, 1.82) is 0 Å². The van der Waals surface area contributed by atoms with Crippen LogP contribution in [0.4, 0.5) is 5.82 Å². The fraction of sp³-hybridized carbons (Fsp3) is 0.400. The van der Waals surface area contributed by atoms with Crippen LogP contribution in [-0.4, -0.2) is 23.2 Å². The summed E-state index contributed by atoms with van der Waals surface area (Å²) in [4.78, 5) is 17.6. The summed E-state index contributed by atoms with van der Waals surface area (Å²) in [5.74, 6) is 1.60. The molecule has 1 amide bonds. The van der Waals surface area contributed by atoms with Crippen molar-refractivity contribution in [2.24, 2.45) is 5.92 Å². The van der Waals surface area contributed by atoms with Crippen molar-refractivity contribution in [3.63, 3.8) is 0 Å². The molecule has 0 radical (unpaired) electrons. The molecule has 6 heteroatoms. The van der Waals surface area contributed by atoms with Gasteiger partial charge in [0.2, 0.25) is 5.91 Å². The molecule has 1 aliphatic heterocycles. The zero-order valence-corrected chi connectivity index (χ0v) is 11.6. The average Bonchev–Trinajstić information content (AvgIpc) is 2.60. The number of hydrogen-bond donors (Lipinski definition) is 1. The van der Waals surface area contributed by atoms with Gasteiger partial charge in [-0.1, -0.05) is 11.6 Å². The molecule has 0 spiro atoms. The van der Waals surface area contributed by atoms with E-state index in [9.17, 15) is 4.79 Å². The summed E-state index contributed by atoms with van der Waals surface area (Å²) >= 11 is 13.6. The third kappa shape index (κ3) is 2.36. The molecule has 2 rings (SSSR count). The molecule has 1 aromatic heterocycles. The van der Waals surface area contributed by atoms with Gasteiger partial charge in [0.25, 0.3) is 0 Å². The van der Waals surface area contributed by atoms with E-state index in [1.807, 2.05) is 0 Å². The number of aromatic nitrogens is 1. The Bertz CT molecular complexity index is 429. The van der Waals surface area contributed by atoms with Gasteiger partial charge < -0.3 is 0 Å². The van der Waals surface area contributed by atoms with Gasteiger partial charge in [0.15, 0.2) is 5.82 Å². The number of anilines is 1. The van der Waals surface area contributed by atoms with Crippen molar-refractivity contribution in [3.8, 4) is 0 Å². The minimum atomic E-state index is 0.0655. The van der Waals surface area contributed by atoms with Crippen LogP contribution in [0.1, 0.15) is 6.42 Å². The first-order valence-electron chi connectivity index (χ1n) is 4.84. The lowest BCUT2D eigenvalue weighted by molar-refractivity contribution is -0.117. The summed E-state index contributed by atoms with van der Waals surface area (Å²) in [7, 11) is 0. The van der Waals surface area contributed by atoms with Gasteiger partial charge >= 0.3 is 0 Å². The molecule has 1 aliphatic rings. The normalized spacial score (nSPS) is 20.6. The van der Waals surface area contributed by atoms with Gasteiger partial charge in [-0.15, -0.1) is 0 Å². The lowest BCUT2D eigenvalue weighted by atomic mass is 10.1. The van der Waals surface area contributed by atoms with E-state index in [1.165, 1.54) is 0 Å². The number of thiol groups is 1. The van der Waals surface area contributed by atoms with E-state index in [4.69, 9.17) is 11.6 Å². The Morgan fingerprint density at radius 2 is 2.44 bits per heavy atom. The number of halogens is 2. The van der Waals surface area contributed by atoms with Crippen molar-refractivity contribution in [2.45, 2.75) is 6.42 Å². The maximum Gasteiger partial charge on any atom is 0.228 e. The first-order chi connectivity index (χ1) is 7.61. The summed E-state index contributed by atoms with van der Waals surface area (Å²) in [5, 5.41) is 0.488. The van der Waals surface area contributed by atoms with Crippen molar-refractivity contribution in [2.75, 3.05) is 17.2 Å². The Hall–Kier alpha value is -0.260. The highest BCUT2D eigenvalue weighted by atomic mass is 79.9. The molecule has 0 saturated carbocycles. The summed E-state index contributed by atoms with van der Waals surface area (Å²) in [5.41, 5.74) is 0. The first kappa shape index (κ1) is 12.2. The van der Waals surface area contributed by atoms with Gasteiger partial charge in [-0.05, 0) is 33.7 Å². The molecule has 0 aliphatic carbocycles. The number of pyridine rings is 1. The van der Waals surface area contributed by atoms with Crippen LogP contribution in [-0.2, 0) is 4.79 Å². The van der Waals surface area contributed by atoms with Crippen LogP contribution < -0.4 is 4.90 Å². The molecule has 1 atom stereocenters. The molecule has 1 unspecified atom stereocenters. The molecular weight excluding hydrogens is 312 g/mol. The Kier molecular flexibility index (Phi) is 3.77. The Labute approximate surface area is 113 Å². The summed E-state index contributed by atoms with van der Waals surface area (Å²) < 4.78 is 0.804. The summed E-state index contributed by atoms with van der Waals surface area (Å²) in [6.45, 7) is 0.649. The van der Waals surface area contributed by atoms with Crippen molar-refractivity contribution < 1.29 is 4.79 Å². The average molecular weight is 322 g/mol. The molecule has 0 N–H and O–H groups in total. The number of hydrogen-bond acceptors (Lipinski definition) is 3. The molecule has 1 saturated heterocycles. The van der Waals surface area contributed by atoms with Crippen molar-refractivity contribution >= 4 is 51.9 Å². The molecule has 0 aromatic carbocycles. The van der Waals surface area contributed by atoms with Crippen LogP contribution in [0.2, 0.25) is 5.02 Å². The van der Waals surface area contributed by atoms with Crippen LogP contribution in [0, 0.1) is 5.92 Å². The van der Waals surface area contributed by atoms with E-state index < -0.39 is 0 Å². The predicted octanol–water partition coefficient (Wildman–Crippen LogP) is 2.78.